The summed E-state index contributed by atoms with van der Waals surface area (Å²) in [4.78, 5) is 12.4. The minimum atomic E-state index is -4.06. The standard InChI is InChI=1S/C22H27FN2O5S/c1-15-10-11-17(24-22(26)16(2)30-14-18-7-5-6-12-29-18)13-21(15)31(27,28)25-20-9-4-3-8-19(20)23/h3-4,8-11,13,16,18,25H,5-7,12,14H2,1-2H3,(H,24,26). The van der Waals surface area contributed by atoms with E-state index in [9.17, 15) is 17.6 Å². The monoisotopic (exact) mass is 450 g/mol. The summed E-state index contributed by atoms with van der Waals surface area (Å²) < 4.78 is 52.9. The van der Waals surface area contributed by atoms with Gasteiger partial charge < -0.3 is 14.8 Å². The first-order valence-corrected chi connectivity index (χ1v) is 11.7. The molecule has 2 aromatic rings. The topological polar surface area (TPSA) is 93.7 Å². The third-order valence-corrected chi connectivity index (χ3v) is 6.55. The van der Waals surface area contributed by atoms with E-state index in [2.05, 4.69) is 10.0 Å². The molecule has 2 unspecified atom stereocenters. The van der Waals surface area contributed by atoms with Crippen LogP contribution in [0.1, 0.15) is 31.7 Å². The first-order chi connectivity index (χ1) is 14.8. The van der Waals surface area contributed by atoms with Gasteiger partial charge in [0.2, 0.25) is 0 Å². The molecule has 1 saturated heterocycles. The van der Waals surface area contributed by atoms with Crippen LogP contribution < -0.4 is 10.0 Å². The molecular weight excluding hydrogens is 423 g/mol. The number of amides is 1. The molecule has 1 heterocycles. The Bertz CT molecular complexity index is 1020. The molecule has 2 N–H and O–H groups in total. The molecule has 0 spiro atoms. The van der Waals surface area contributed by atoms with E-state index in [0.717, 1.165) is 19.3 Å². The third kappa shape index (κ3) is 6.25. The lowest BCUT2D eigenvalue weighted by Crippen LogP contribution is -2.32. The summed E-state index contributed by atoms with van der Waals surface area (Å²) in [7, 11) is -4.06. The van der Waals surface area contributed by atoms with Crippen molar-refractivity contribution in [1.82, 2.24) is 0 Å². The number of anilines is 2. The molecule has 0 radical (unpaired) electrons. The normalized spacial score (nSPS) is 17.7. The highest BCUT2D eigenvalue weighted by molar-refractivity contribution is 7.92. The smallest absolute Gasteiger partial charge is 0.262 e. The second kappa shape index (κ2) is 10.2. The van der Waals surface area contributed by atoms with Gasteiger partial charge in [-0.3, -0.25) is 9.52 Å². The molecule has 1 fully saturated rings. The first kappa shape index (κ1) is 23.2. The lowest BCUT2D eigenvalue weighted by atomic mass is 10.1. The summed E-state index contributed by atoms with van der Waals surface area (Å²) >= 11 is 0. The number of para-hydroxylation sites is 1. The number of benzene rings is 2. The molecule has 168 valence electrons. The summed E-state index contributed by atoms with van der Waals surface area (Å²) in [5.74, 6) is -1.08. The Balaban J connectivity index is 1.67. The molecule has 9 heteroatoms. The van der Waals surface area contributed by atoms with Gasteiger partial charge in [-0.15, -0.1) is 0 Å². The van der Waals surface area contributed by atoms with Crippen molar-refractivity contribution in [2.45, 2.75) is 50.2 Å². The number of carbonyl (C=O) groups excluding carboxylic acids is 1. The van der Waals surface area contributed by atoms with Crippen LogP contribution >= 0.6 is 0 Å². The van der Waals surface area contributed by atoms with Gasteiger partial charge in [-0.25, -0.2) is 12.8 Å². The van der Waals surface area contributed by atoms with E-state index in [1.165, 1.54) is 30.3 Å². The van der Waals surface area contributed by atoms with E-state index in [1.807, 2.05) is 0 Å². The molecule has 0 aromatic heterocycles. The Labute approximate surface area is 182 Å². The van der Waals surface area contributed by atoms with E-state index in [4.69, 9.17) is 9.47 Å². The van der Waals surface area contributed by atoms with Crippen molar-refractivity contribution in [2.24, 2.45) is 0 Å². The molecule has 0 saturated carbocycles. The zero-order chi connectivity index (χ0) is 22.4. The highest BCUT2D eigenvalue weighted by Gasteiger charge is 2.22. The molecule has 0 bridgehead atoms. The fourth-order valence-corrected chi connectivity index (χ4v) is 4.56. The maximum Gasteiger partial charge on any atom is 0.262 e. The quantitative estimate of drug-likeness (QED) is 0.637. The molecule has 31 heavy (non-hydrogen) atoms. The number of ether oxygens (including phenoxy) is 2. The fraction of sp³-hybridized carbons (Fsp3) is 0.409. The number of hydrogen-bond acceptors (Lipinski definition) is 5. The van der Waals surface area contributed by atoms with Gasteiger partial charge in [-0.05, 0) is 62.9 Å². The van der Waals surface area contributed by atoms with Gasteiger partial charge in [0, 0.05) is 12.3 Å². The van der Waals surface area contributed by atoms with Crippen molar-refractivity contribution in [1.29, 1.82) is 0 Å². The van der Waals surface area contributed by atoms with Crippen molar-refractivity contribution in [3.8, 4) is 0 Å². The van der Waals surface area contributed by atoms with E-state index in [-0.39, 0.29) is 16.7 Å². The van der Waals surface area contributed by atoms with Crippen molar-refractivity contribution < 1.29 is 27.1 Å². The van der Waals surface area contributed by atoms with Crippen molar-refractivity contribution in [3.63, 3.8) is 0 Å². The van der Waals surface area contributed by atoms with Crippen molar-refractivity contribution >= 4 is 27.3 Å². The molecule has 0 aliphatic carbocycles. The third-order valence-electron chi connectivity index (χ3n) is 5.04. The van der Waals surface area contributed by atoms with E-state index in [1.54, 1.807) is 26.0 Å². The summed E-state index contributed by atoms with van der Waals surface area (Å²) in [6.07, 6.45) is 2.28. The van der Waals surface area contributed by atoms with Crippen LogP contribution in [0.3, 0.4) is 0 Å². The van der Waals surface area contributed by atoms with Gasteiger partial charge in [0.25, 0.3) is 15.9 Å². The number of sulfonamides is 1. The average Bonchev–Trinajstić information content (AvgIpc) is 2.75. The predicted octanol–water partition coefficient (Wildman–Crippen LogP) is 3.85. The second-order valence-electron chi connectivity index (χ2n) is 7.52. The molecule has 1 aliphatic heterocycles. The zero-order valence-corrected chi connectivity index (χ0v) is 18.4. The Morgan fingerprint density at radius 2 is 2.03 bits per heavy atom. The lowest BCUT2D eigenvalue weighted by Gasteiger charge is -2.24. The minimum Gasteiger partial charge on any atom is -0.376 e. The molecule has 2 atom stereocenters. The van der Waals surface area contributed by atoms with Crippen LogP contribution in [-0.2, 0) is 24.3 Å². The summed E-state index contributed by atoms with van der Waals surface area (Å²) in [6.45, 7) is 4.28. The Morgan fingerprint density at radius 3 is 2.74 bits per heavy atom. The number of halogens is 1. The van der Waals surface area contributed by atoms with Gasteiger partial charge in [-0.1, -0.05) is 18.2 Å². The minimum absolute atomic E-state index is 0.00965. The van der Waals surface area contributed by atoms with E-state index in [0.29, 0.717) is 24.5 Å². The Morgan fingerprint density at radius 1 is 1.26 bits per heavy atom. The molecule has 7 nitrogen and oxygen atoms in total. The Kier molecular flexibility index (Phi) is 7.64. The zero-order valence-electron chi connectivity index (χ0n) is 17.6. The average molecular weight is 451 g/mol. The number of nitrogens with one attached hydrogen (secondary N) is 2. The molecule has 1 aliphatic rings. The highest BCUT2D eigenvalue weighted by Crippen LogP contribution is 2.24. The van der Waals surface area contributed by atoms with Crippen molar-refractivity contribution in [2.75, 3.05) is 23.3 Å². The van der Waals surface area contributed by atoms with Crippen LogP contribution in [0.15, 0.2) is 47.4 Å². The van der Waals surface area contributed by atoms with E-state index >= 15 is 0 Å². The maximum absolute atomic E-state index is 13.9. The predicted molar refractivity (Wildman–Crippen MR) is 116 cm³/mol. The second-order valence-corrected chi connectivity index (χ2v) is 9.17. The molecule has 2 aromatic carbocycles. The number of rotatable bonds is 8. The van der Waals surface area contributed by atoms with Crippen LogP contribution in [0, 0.1) is 12.7 Å². The van der Waals surface area contributed by atoms with Gasteiger partial charge in [0.1, 0.15) is 11.9 Å². The fourth-order valence-electron chi connectivity index (χ4n) is 3.22. The highest BCUT2D eigenvalue weighted by atomic mass is 32.2. The summed E-state index contributed by atoms with van der Waals surface area (Å²) in [5.41, 5.74) is 0.609. The molecule has 3 rings (SSSR count). The largest absolute Gasteiger partial charge is 0.376 e. The maximum atomic E-state index is 13.9. The van der Waals surface area contributed by atoms with Crippen LogP contribution in [0.2, 0.25) is 0 Å². The summed E-state index contributed by atoms with van der Waals surface area (Å²) in [6, 6.07) is 10.0. The van der Waals surface area contributed by atoms with Gasteiger partial charge >= 0.3 is 0 Å². The van der Waals surface area contributed by atoms with Crippen LogP contribution in [0.25, 0.3) is 0 Å². The van der Waals surface area contributed by atoms with Crippen LogP contribution in [-0.4, -0.2) is 39.7 Å². The number of carbonyl (C=O) groups is 1. The van der Waals surface area contributed by atoms with E-state index < -0.39 is 27.9 Å². The molecule has 1 amide bonds. The van der Waals surface area contributed by atoms with Gasteiger partial charge in [0.15, 0.2) is 0 Å². The summed E-state index contributed by atoms with van der Waals surface area (Å²) in [5, 5.41) is 2.67. The van der Waals surface area contributed by atoms with Gasteiger partial charge in [0.05, 0.1) is 23.3 Å². The first-order valence-electron chi connectivity index (χ1n) is 10.2. The molecular formula is C22H27FN2O5S. The van der Waals surface area contributed by atoms with Gasteiger partial charge in [-0.2, -0.15) is 0 Å². The Hall–Kier alpha value is -2.49. The number of aryl methyl sites for hydroxylation is 1. The van der Waals surface area contributed by atoms with Crippen LogP contribution in [0.5, 0.6) is 0 Å². The number of hydrogen-bond donors (Lipinski definition) is 2. The lowest BCUT2D eigenvalue weighted by molar-refractivity contribution is -0.130. The van der Waals surface area contributed by atoms with Crippen molar-refractivity contribution in [3.05, 3.63) is 53.8 Å². The van der Waals surface area contributed by atoms with Crippen LogP contribution in [0.4, 0.5) is 15.8 Å². The SMILES string of the molecule is Cc1ccc(NC(=O)C(C)OCC2CCCCO2)cc1S(=O)(=O)Nc1ccccc1F.